The summed E-state index contributed by atoms with van der Waals surface area (Å²) in [5, 5.41) is 1.84. The number of ketones is 1. The molecule has 0 fully saturated rings. The first-order valence-electron chi connectivity index (χ1n) is 5.33. The van der Waals surface area contributed by atoms with E-state index in [0.29, 0.717) is 17.7 Å². The van der Waals surface area contributed by atoms with Crippen LogP contribution in [0.3, 0.4) is 0 Å². The van der Waals surface area contributed by atoms with Crippen molar-refractivity contribution in [2.75, 3.05) is 6.61 Å². The van der Waals surface area contributed by atoms with Gasteiger partial charge in [0, 0.05) is 16.5 Å². The summed E-state index contributed by atoms with van der Waals surface area (Å²) in [4.78, 5) is 12.2. The molecule has 1 aromatic heterocycles. The van der Waals surface area contributed by atoms with Crippen LogP contribution >= 0.6 is 43.2 Å². The van der Waals surface area contributed by atoms with Gasteiger partial charge in [-0.05, 0) is 63.0 Å². The van der Waals surface area contributed by atoms with E-state index >= 15 is 0 Å². The van der Waals surface area contributed by atoms with Crippen LogP contribution in [-0.4, -0.2) is 12.4 Å². The van der Waals surface area contributed by atoms with Gasteiger partial charge in [-0.2, -0.15) is 0 Å². The maximum atomic E-state index is 12.2. The number of carbonyl (C=O) groups is 1. The Balaban J connectivity index is 2.29. The molecule has 0 aliphatic heterocycles. The van der Waals surface area contributed by atoms with Crippen molar-refractivity contribution in [2.24, 2.45) is 0 Å². The zero-order chi connectivity index (χ0) is 13.1. The van der Waals surface area contributed by atoms with Gasteiger partial charge in [-0.1, -0.05) is 0 Å². The first kappa shape index (κ1) is 13.8. The topological polar surface area (TPSA) is 26.3 Å². The van der Waals surface area contributed by atoms with Gasteiger partial charge >= 0.3 is 0 Å². The highest BCUT2D eigenvalue weighted by Crippen LogP contribution is 2.28. The van der Waals surface area contributed by atoms with E-state index in [1.165, 1.54) is 11.3 Å². The van der Waals surface area contributed by atoms with Gasteiger partial charge in [0.2, 0.25) is 0 Å². The Hall–Kier alpha value is -0.650. The summed E-state index contributed by atoms with van der Waals surface area (Å²) in [6.07, 6.45) is 0. The van der Waals surface area contributed by atoms with E-state index in [-0.39, 0.29) is 5.78 Å². The van der Waals surface area contributed by atoms with Crippen LogP contribution in [0.15, 0.2) is 37.9 Å². The molecule has 1 aromatic carbocycles. The molecule has 18 heavy (non-hydrogen) atoms. The maximum absolute atomic E-state index is 12.2. The van der Waals surface area contributed by atoms with Crippen LogP contribution in [0.5, 0.6) is 5.75 Å². The minimum absolute atomic E-state index is 0.0145. The van der Waals surface area contributed by atoms with Crippen LogP contribution in [0.2, 0.25) is 0 Å². The number of hydrogen-bond acceptors (Lipinski definition) is 3. The van der Waals surface area contributed by atoms with E-state index in [2.05, 4.69) is 31.9 Å². The second-order valence-electron chi connectivity index (χ2n) is 3.55. The summed E-state index contributed by atoms with van der Waals surface area (Å²) in [6, 6.07) is 7.21. The minimum Gasteiger partial charge on any atom is -0.493 e. The second-order valence-corrected chi connectivity index (χ2v) is 6.69. The summed E-state index contributed by atoms with van der Waals surface area (Å²) in [5.41, 5.74) is 1.35. The van der Waals surface area contributed by atoms with Crippen LogP contribution < -0.4 is 4.74 Å². The predicted octanol–water partition coefficient (Wildman–Crippen LogP) is 4.90. The summed E-state index contributed by atoms with van der Waals surface area (Å²) in [5.74, 6) is 0.765. The van der Waals surface area contributed by atoms with E-state index in [1.807, 2.05) is 24.4 Å². The van der Waals surface area contributed by atoms with Gasteiger partial charge in [-0.15, -0.1) is 11.3 Å². The lowest BCUT2D eigenvalue weighted by molar-refractivity contribution is 0.103. The summed E-state index contributed by atoms with van der Waals surface area (Å²) < 4.78 is 7.17. The van der Waals surface area contributed by atoms with Gasteiger partial charge in [-0.25, -0.2) is 0 Å². The average molecular weight is 390 g/mol. The predicted molar refractivity (Wildman–Crippen MR) is 80.8 cm³/mol. The molecule has 0 unspecified atom stereocenters. The number of hydrogen-bond donors (Lipinski definition) is 0. The Morgan fingerprint density at radius 1 is 1.28 bits per heavy atom. The number of halogens is 2. The molecule has 0 aliphatic carbocycles. The Labute approximate surface area is 126 Å². The van der Waals surface area contributed by atoms with Crippen molar-refractivity contribution in [3.05, 3.63) is 49.0 Å². The third kappa shape index (κ3) is 3.02. The normalized spacial score (nSPS) is 10.4. The molecule has 2 nitrogen and oxygen atoms in total. The van der Waals surface area contributed by atoms with Crippen molar-refractivity contribution in [3.63, 3.8) is 0 Å². The summed E-state index contributed by atoms with van der Waals surface area (Å²) >= 11 is 8.27. The lowest BCUT2D eigenvalue weighted by atomic mass is 10.1. The maximum Gasteiger partial charge on any atom is 0.193 e. The van der Waals surface area contributed by atoms with Crippen LogP contribution in [0.25, 0.3) is 0 Å². The van der Waals surface area contributed by atoms with Gasteiger partial charge in [0.05, 0.1) is 14.9 Å². The van der Waals surface area contributed by atoms with E-state index in [0.717, 1.165) is 14.0 Å². The first-order chi connectivity index (χ1) is 8.61. The van der Waals surface area contributed by atoms with Crippen molar-refractivity contribution in [2.45, 2.75) is 6.92 Å². The molecule has 0 spiro atoms. The van der Waals surface area contributed by atoms with Crippen molar-refractivity contribution < 1.29 is 9.53 Å². The van der Waals surface area contributed by atoms with E-state index in [4.69, 9.17) is 4.74 Å². The molecule has 0 amide bonds. The number of benzene rings is 1. The summed E-state index contributed by atoms with van der Waals surface area (Å²) in [6.45, 7) is 2.53. The standard InChI is InChI=1S/C13H10Br2O2S/c1-2-17-11-4-3-8(5-10(11)14)13(16)9-6-12(15)18-7-9/h3-7H,2H2,1H3. The third-order valence-electron chi connectivity index (χ3n) is 2.32. The number of thiophene rings is 1. The molecule has 1 heterocycles. The zero-order valence-electron chi connectivity index (χ0n) is 9.57. The number of ether oxygens (including phenoxy) is 1. The fourth-order valence-corrected chi connectivity index (χ4v) is 3.14. The monoisotopic (exact) mass is 388 g/mol. The first-order valence-corrected chi connectivity index (χ1v) is 7.79. The van der Waals surface area contributed by atoms with E-state index in [1.54, 1.807) is 12.1 Å². The van der Waals surface area contributed by atoms with Gasteiger partial charge in [0.15, 0.2) is 5.78 Å². The van der Waals surface area contributed by atoms with Crippen LogP contribution in [0.1, 0.15) is 22.8 Å². The highest BCUT2D eigenvalue weighted by molar-refractivity contribution is 9.11. The fourth-order valence-electron chi connectivity index (χ4n) is 1.51. The smallest absolute Gasteiger partial charge is 0.193 e. The zero-order valence-corrected chi connectivity index (χ0v) is 13.6. The molecular formula is C13H10Br2O2S. The van der Waals surface area contributed by atoms with Crippen molar-refractivity contribution in [1.29, 1.82) is 0 Å². The molecule has 0 saturated heterocycles. The minimum atomic E-state index is 0.0145. The highest BCUT2D eigenvalue weighted by atomic mass is 79.9. The summed E-state index contributed by atoms with van der Waals surface area (Å²) in [7, 11) is 0. The van der Waals surface area contributed by atoms with Gasteiger partial charge in [-0.3, -0.25) is 4.79 Å². The Morgan fingerprint density at radius 2 is 2.06 bits per heavy atom. The lowest BCUT2D eigenvalue weighted by Gasteiger charge is -2.07. The Bertz CT molecular complexity index is 578. The molecule has 0 saturated carbocycles. The second kappa shape index (κ2) is 5.99. The quantitative estimate of drug-likeness (QED) is 0.695. The largest absolute Gasteiger partial charge is 0.493 e. The number of carbonyl (C=O) groups excluding carboxylic acids is 1. The van der Waals surface area contributed by atoms with Crippen molar-refractivity contribution >= 4 is 49.0 Å². The lowest BCUT2D eigenvalue weighted by Crippen LogP contribution is -2.00. The molecule has 0 bridgehead atoms. The Morgan fingerprint density at radius 3 is 2.61 bits per heavy atom. The third-order valence-corrected chi connectivity index (χ3v) is 4.45. The number of rotatable bonds is 4. The van der Waals surface area contributed by atoms with Crippen LogP contribution in [-0.2, 0) is 0 Å². The molecule has 5 heteroatoms. The molecule has 0 N–H and O–H groups in total. The molecular weight excluding hydrogens is 380 g/mol. The molecule has 2 aromatic rings. The van der Waals surface area contributed by atoms with Gasteiger partial charge in [0.25, 0.3) is 0 Å². The van der Waals surface area contributed by atoms with E-state index < -0.39 is 0 Å². The molecule has 2 rings (SSSR count). The van der Waals surface area contributed by atoms with Crippen LogP contribution in [0, 0.1) is 0 Å². The fraction of sp³-hybridized carbons (Fsp3) is 0.154. The van der Waals surface area contributed by atoms with Gasteiger partial charge < -0.3 is 4.74 Å². The molecule has 0 aliphatic rings. The Kier molecular flexibility index (Phi) is 4.59. The average Bonchev–Trinajstić information content (AvgIpc) is 2.78. The SMILES string of the molecule is CCOc1ccc(C(=O)c2csc(Br)c2)cc1Br. The van der Waals surface area contributed by atoms with Crippen molar-refractivity contribution in [3.8, 4) is 5.75 Å². The van der Waals surface area contributed by atoms with Crippen LogP contribution in [0.4, 0.5) is 0 Å². The highest BCUT2D eigenvalue weighted by Gasteiger charge is 2.12. The molecule has 0 atom stereocenters. The van der Waals surface area contributed by atoms with Crippen molar-refractivity contribution in [1.82, 2.24) is 0 Å². The molecule has 0 radical (unpaired) electrons. The van der Waals surface area contributed by atoms with Gasteiger partial charge in [0.1, 0.15) is 5.75 Å². The molecule has 94 valence electrons. The van der Waals surface area contributed by atoms with E-state index in [9.17, 15) is 4.79 Å².